The second-order valence-electron chi connectivity index (χ2n) is 6.09. The summed E-state index contributed by atoms with van der Waals surface area (Å²) < 4.78 is 0. The molecule has 2 heterocycles. The maximum absolute atomic E-state index is 10.5. The summed E-state index contributed by atoms with van der Waals surface area (Å²) in [5.74, 6) is 0.969. The molecule has 0 radical (unpaired) electrons. The number of nitrogens with zero attached hydrogens (tertiary/aromatic N) is 2. The maximum atomic E-state index is 10.5. The number of benzene rings is 1. The molecule has 1 aromatic rings. The Morgan fingerprint density at radius 1 is 1.21 bits per heavy atom. The van der Waals surface area contributed by atoms with Gasteiger partial charge in [-0.15, -0.1) is 0 Å². The first-order chi connectivity index (χ1) is 11.6. The lowest BCUT2D eigenvalue weighted by molar-refractivity contribution is 0.407. The zero-order valence-corrected chi connectivity index (χ0v) is 13.4. The highest BCUT2D eigenvalue weighted by molar-refractivity contribution is 6.29. The standard InChI is InChI=1S/C19H18N4O/c1-12-7-8-13-10-14(9-12)22-19(21-13)17-16(24)11-23(18(17)20)15-5-3-2-4-6-15/h2-9,20,24H,10-11H2,1H3,(H,21,22). The molecule has 0 aromatic heterocycles. The molecule has 1 aliphatic carbocycles. The number of rotatable bonds is 2. The summed E-state index contributed by atoms with van der Waals surface area (Å²) >= 11 is 0. The van der Waals surface area contributed by atoms with Gasteiger partial charge >= 0.3 is 0 Å². The minimum atomic E-state index is 0.166. The molecule has 0 saturated heterocycles. The van der Waals surface area contributed by atoms with Crippen LogP contribution in [0.3, 0.4) is 0 Å². The van der Waals surface area contributed by atoms with Gasteiger partial charge in [-0.05, 0) is 36.8 Å². The predicted octanol–water partition coefficient (Wildman–Crippen LogP) is 3.42. The quantitative estimate of drug-likeness (QED) is 0.782. The van der Waals surface area contributed by atoms with Gasteiger partial charge in [0.05, 0.1) is 12.1 Å². The fraction of sp³-hybridized carbons (Fsp3) is 0.158. The lowest BCUT2D eigenvalue weighted by atomic mass is 10.1. The van der Waals surface area contributed by atoms with Gasteiger partial charge in [0, 0.05) is 23.5 Å². The second-order valence-corrected chi connectivity index (χ2v) is 6.09. The molecule has 4 rings (SSSR count). The van der Waals surface area contributed by atoms with Crippen LogP contribution >= 0.6 is 0 Å². The summed E-state index contributed by atoms with van der Waals surface area (Å²) in [4.78, 5) is 6.38. The third-order valence-electron chi connectivity index (χ3n) is 4.25. The molecule has 3 N–H and O–H groups in total. The SMILES string of the molecule is CC1=CC=C2CC(=C1)NC(C1=C(O)CN(c3ccccc3)C1=N)=N2. The topological polar surface area (TPSA) is 71.7 Å². The monoisotopic (exact) mass is 318 g/mol. The molecule has 0 atom stereocenters. The maximum Gasteiger partial charge on any atom is 0.144 e. The third-order valence-corrected chi connectivity index (χ3v) is 4.25. The van der Waals surface area contributed by atoms with Crippen molar-refractivity contribution in [3.05, 3.63) is 76.9 Å². The highest BCUT2D eigenvalue weighted by Gasteiger charge is 2.33. The van der Waals surface area contributed by atoms with Gasteiger partial charge in [-0.1, -0.05) is 24.3 Å². The number of hydrogen-bond acceptors (Lipinski definition) is 4. The van der Waals surface area contributed by atoms with Gasteiger partial charge in [0.15, 0.2) is 0 Å². The van der Waals surface area contributed by atoms with Crippen molar-refractivity contribution in [3.63, 3.8) is 0 Å². The van der Waals surface area contributed by atoms with Crippen LogP contribution in [0, 0.1) is 5.41 Å². The van der Waals surface area contributed by atoms with Crippen LogP contribution in [-0.2, 0) is 0 Å². The van der Waals surface area contributed by atoms with Crippen molar-refractivity contribution in [2.75, 3.05) is 11.4 Å². The Bertz CT molecular complexity index is 872. The molecule has 24 heavy (non-hydrogen) atoms. The average molecular weight is 318 g/mol. The third kappa shape index (κ3) is 2.44. The van der Waals surface area contributed by atoms with Crippen molar-refractivity contribution in [1.29, 1.82) is 5.41 Å². The number of aliphatic hydroxyl groups excluding tert-OH is 1. The summed E-state index contributed by atoms with van der Waals surface area (Å²) in [5, 5.41) is 22.2. The van der Waals surface area contributed by atoms with Gasteiger partial charge in [-0.2, -0.15) is 0 Å². The molecule has 0 spiro atoms. The molecule has 0 saturated carbocycles. The fourth-order valence-electron chi connectivity index (χ4n) is 3.11. The van der Waals surface area contributed by atoms with Gasteiger partial charge in [0.25, 0.3) is 0 Å². The number of nitrogens with one attached hydrogen (secondary N) is 2. The highest BCUT2D eigenvalue weighted by Crippen LogP contribution is 2.29. The summed E-state index contributed by atoms with van der Waals surface area (Å²) in [6.07, 6.45) is 6.83. The van der Waals surface area contributed by atoms with Crippen molar-refractivity contribution < 1.29 is 5.11 Å². The second kappa shape index (κ2) is 5.53. The summed E-state index contributed by atoms with van der Waals surface area (Å²) in [6.45, 7) is 2.33. The van der Waals surface area contributed by atoms with E-state index in [4.69, 9.17) is 5.41 Å². The smallest absolute Gasteiger partial charge is 0.144 e. The first kappa shape index (κ1) is 14.5. The van der Waals surface area contributed by atoms with E-state index >= 15 is 0 Å². The first-order valence-electron chi connectivity index (χ1n) is 7.89. The molecular weight excluding hydrogens is 300 g/mol. The number of para-hydroxylation sites is 1. The van der Waals surface area contributed by atoms with Crippen LogP contribution in [0.5, 0.6) is 0 Å². The van der Waals surface area contributed by atoms with Gasteiger partial charge < -0.3 is 15.3 Å². The lowest BCUT2D eigenvalue weighted by Crippen LogP contribution is -2.34. The zero-order chi connectivity index (χ0) is 16.7. The van der Waals surface area contributed by atoms with Crippen LogP contribution in [0.1, 0.15) is 13.3 Å². The van der Waals surface area contributed by atoms with Gasteiger partial charge in [0.1, 0.15) is 17.4 Å². The van der Waals surface area contributed by atoms with Crippen LogP contribution in [0.25, 0.3) is 0 Å². The Hall–Kier alpha value is -3.08. The molecule has 120 valence electrons. The Morgan fingerprint density at radius 2 is 2.00 bits per heavy atom. The van der Waals surface area contributed by atoms with Crippen molar-refractivity contribution in [3.8, 4) is 0 Å². The van der Waals surface area contributed by atoms with E-state index in [0.29, 0.717) is 11.4 Å². The van der Waals surface area contributed by atoms with Crippen LogP contribution in [0.15, 0.2) is 81.9 Å². The Labute approximate surface area is 140 Å². The average Bonchev–Trinajstić information content (AvgIpc) is 2.80. The lowest BCUT2D eigenvalue weighted by Gasteiger charge is -2.22. The van der Waals surface area contributed by atoms with E-state index in [1.54, 1.807) is 4.90 Å². The zero-order valence-electron chi connectivity index (χ0n) is 13.4. The Morgan fingerprint density at radius 3 is 2.79 bits per heavy atom. The van der Waals surface area contributed by atoms with Crippen molar-refractivity contribution >= 4 is 17.4 Å². The molecule has 2 aliphatic heterocycles. The summed E-state index contributed by atoms with van der Waals surface area (Å²) in [6, 6.07) is 9.64. The molecule has 0 unspecified atom stereocenters. The normalized spacial score (nSPS) is 20.0. The van der Waals surface area contributed by atoms with E-state index in [-0.39, 0.29) is 18.1 Å². The number of fused-ring (bicyclic) bond motifs is 2. The van der Waals surface area contributed by atoms with Gasteiger partial charge in [-0.3, -0.25) is 5.41 Å². The van der Waals surface area contributed by atoms with E-state index in [2.05, 4.69) is 16.4 Å². The van der Waals surface area contributed by atoms with E-state index < -0.39 is 0 Å². The van der Waals surface area contributed by atoms with Crippen molar-refractivity contribution in [2.45, 2.75) is 13.3 Å². The van der Waals surface area contributed by atoms with Crippen molar-refractivity contribution in [2.24, 2.45) is 4.99 Å². The largest absolute Gasteiger partial charge is 0.509 e. The minimum absolute atomic E-state index is 0.166. The summed E-state index contributed by atoms with van der Waals surface area (Å²) in [5.41, 5.74) is 4.46. The first-order valence-corrected chi connectivity index (χ1v) is 7.89. The highest BCUT2D eigenvalue weighted by atomic mass is 16.3. The number of amidine groups is 2. The van der Waals surface area contributed by atoms with Gasteiger partial charge in [-0.25, -0.2) is 4.99 Å². The van der Waals surface area contributed by atoms with E-state index in [1.165, 1.54) is 0 Å². The molecule has 2 bridgehead atoms. The van der Waals surface area contributed by atoms with E-state index in [0.717, 1.165) is 29.1 Å². The molecule has 0 fully saturated rings. The van der Waals surface area contributed by atoms with E-state index in [1.807, 2.05) is 49.4 Å². The molecule has 0 amide bonds. The Balaban J connectivity index is 1.68. The number of aliphatic imine (C=N–C) groups is 1. The van der Waals surface area contributed by atoms with Gasteiger partial charge in [0.2, 0.25) is 0 Å². The minimum Gasteiger partial charge on any atom is -0.509 e. The number of hydrogen-bond donors (Lipinski definition) is 3. The van der Waals surface area contributed by atoms with Crippen LogP contribution in [0.2, 0.25) is 0 Å². The fourth-order valence-corrected chi connectivity index (χ4v) is 3.11. The molecule has 5 heteroatoms. The molecular formula is C19H18N4O. The van der Waals surface area contributed by atoms with Crippen LogP contribution in [0.4, 0.5) is 5.69 Å². The van der Waals surface area contributed by atoms with Crippen LogP contribution in [-0.4, -0.2) is 23.3 Å². The van der Waals surface area contributed by atoms with Crippen LogP contribution < -0.4 is 10.2 Å². The summed E-state index contributed by atoms with van der Waals surface area (Å²) in [7, 11) is 0. The number of aliphatic hydroxyl groups is 1. The van der Waals surface area contributed by atoms with Crippen molar-refractivity contribution in [1.82, 2.24) is 5.32 Å². The molecule has 1 aromatic carbocycles. The molecule has 5 nitrogen and oxygen atoms in total. The van der Waals surface area contributed by atoms with E-state index in [9.17, 15) is 5.11 Å². The predicted molar refractivity (Wildman–Crippen MR) is 96.3 cm³/mol. The number of allylic oxidation sites excluding steroid dienone is 4. The molecule has 3 aliphatic rings. The number of anilines is 1. The Kier molecular flexibility index (Phi) is 3.34.